The van der Waals surface area contributed by atoms with Gasteiger partial charge in [0.25, 0.3) is 0 Å². The molecule has 2 aromatic carbocycles. The zero-order chi connectivity index (χ0) is 19.3. The van der Waals surface area contributed by atoms with Crippen molar-refractivity contribution in [2.45, 2.75) is 12.2 Å². The Balaban J connectivity index is 1.31. The van der Waals surface area contributed by atoms with Crippen molar-refractivity contribution in [2.24, 2.45) is 0 Å². The lowest BCUT2D eigenvalue weighted by atomic mass is 10.00. The number of ether oxygens (including phenoxy) is 1. The second-order valence-corrected chi connectivity index (χ2v) is 7.89. The number of carbonyl (C=O) groups is 1. The normalized spacial score (nSPS) is 14.2. The standard InChI is InChI=1S/C23H24N2O2S/c1-27-20-7-8-22-21(13-20)19(14-24-22)15-28-16-23(26)25-11-9-18(10-12-25)17-5-3-2-4-6-17/h2-9,13-14,24H,10-12,15-16H2,1H3. The molecule has 4 rings (SSSR count). The average molecular weight is 393 g/mol. The zero-order valence-corrected chi connectivity index (χ0v) is 16.8. The van der Waals surface area contributed by atoms with Gasteiger partial charge in [-0.05, 0) is 41.3 Å². The minimum Gasteiger partial charge on any atom is -0.497 e. The molecule has 0 saturated heterocycles. The predicted molar refractivity (Wildman–Crippen MR) is 117 cm³/mol. The molecule has 1 aromatic heterocycles. The first-order valence-electron chi connectivity index (χ1n) is 9.48. The summed E-state index contributed by atoms with van der Waals surface area (Å²) in [5.41, 5.74) is 4.90. The number of rotatable bonds is 6. The van der Waals surface area contributed by atoms with Crippen molar-refractivity contribution in [3.63, 3.8) is 0 Å². The van der Waals surface area contributed by atoms with E-state index in [0.717, 1.165) is 35.4 Å². The summed E-state index contributed by atoms with van der Waals surface area (Å²) in [4.78, 5) is 17.8. The third-order valence-electron chi connectivity index (χ3n) is 5.16. The van der Waals surface area contributed by atoms with E-state index in [1.54, 1.807) is 18.9 Å². The molecule has 1 N–H and O–H groups in total. The summed E-state index contributed by atoms with van der Waals surface area (Å²) in [6.45, 7) is 1.50. The van der Waals surface area contributed by atoms with E-state index in [4.69, 9.17) is 4.74 Å². The van der Waals surface area contributed by atoms with Crippen LogP contribution in [0.4, 0.5) is 0 Å². The molecule has 0 spiro atoms. The number of hydrogen-bond donors (Lipinski definition) is 1. The van der Waals surface area contributed by atoms with E-state index in [2.05, 4.69) is 35.3 Å². The van der Waals surface area contributed by atoms with Crippen molar-refractivity contribution < 1.29 is 9.53 Å². The Bertz CT molecular complexity index is 994. The number of carbonyl (C=O) groups excluding carboxylic acids is 1. The lowest BCUT2D eigenvalue weighted by Crippen LogP contribution is -2.35. The molecule has 1 aliphatic rings. The van der Waals surface area contributed by atoms with Crippen molar-refractivity contribution in [1.82, 2.24) is 9.88 Å². The maximum atomic E-state index is 12.6. The fraction of sp³-hybridized carbons (Fsp3) is 0.261. The van der Waals surface area contributed by atoms with Gasteiger partial charge in [-0.15, -0.1) is 11.8 Å². The van der Waals surface area contributed by atoms with E-state index >= 15 is 0 Å². The van der Waals surface area contributed by atoms with E-state index in [9.17, 15) is 4.79 Å². The quantitative estimate of drug-likeness (QED) is 0.660. The monoisotopic (exact) mass is 392 g/mol. The van der Waals surface area contributed by atoms with Crippen LogP contribution in [-0.2, 0) is 10.5 Å². The molecular weight excluding hydrogens is 368 g/mol. The van der Waals surface area contributed by atoms with Crippen LogP contribution in [-0.4, -0.2) is 41.7 Å². The van der Waals surface area contributed by atoms with Gasteiger partial charge in [-0.2, -0.15) is 0 Å². The molecule has 2 heterocycles. The first-order chi connectivity index (χ1) is 13.7. The number of thioether (sulfide) groups is 1. The van der Waals surface area contributed by atoms with Gasteiger partial charge in [-0.3, -0.25) is 4.79 Å². The van der Waals surface area contributed by atoms with Crippen LogP contribution in [0.25, 0.3) is 16.5 Å². The number of fused-ring (bicyclic) bond motifs is 1. The maximum Gasteiger partial charge on any atom is 0.232 e. The molecule has 3 aromatic rings. The molecule has 0 bridgehead atoms. The Morgan fingerprint density at radius 2 is 2.07 bits per heavy atom. The Morgan fingerprint density at radius 1 is 1.21 bits per heavy atom. The molecular formula is C23H24N2O2S. The highest BCUT2D eigenvalue weighted by Gasteiger charge is 2.18. The highest BCUT2D eigenvalue weighted by molar-refractivity contribution is 7.99. The number of aromatic nitrogens is 1. The van der Waals surface area contributed by atoms with E-state index in [1.807, 2.05) is 35.4 Å². The first-order valence-corrected chi connectivity index (χ1v) is 10.6. The highest BCUT2D eigenvalue weighted by atomic mass is 32.2. The second-order valence-electron chi connectivity index (χ2n) is 6.90. The van der Waals surface area contributed by atoms with Crippen LogP contribution < -0.4 is 4.74 Å². The Kier molecular flexibility index (Phi) is 5.72. The van der Waals surface area contributed by atoms with Gasteiger partial charge in [-0.1, -0.05) is 36.4 Å². The van der Waals surface area contributed by atoms with Crippen molar-refractivity contribution in [3.8, 4) is 5.75 Å². The van der Waals surface area contributed by atoms with Gasteiger partial charge >= 0.3 is 0 Å². The Morgan fingerprint density at radius 3 is 2.82 bits per heavy atom. The number of amides is 1. The average Bonchev–Trinajstić information content (AvgIpc) is 3.16. The summed E-state index contributed by atoms with van der Waals surface area (Å²) >= 11 is 1.67. The van der Waals surface area contributed by atoms with Crippen molar-refractivity contribution in [2.75, 3.05) is 26.0 Å². The number of nitrogens with zero attached hydrogens (tertiary/aromatic N) is 1. The predicted octanol–water partition coefficient (Wildman–Crippen LogP) is 4.73. The van der Waals surface area contributed by atoms with Gasteiger partial charge < -0.3 is 14.6 Å². The Hall–Kier alpha value is -2.66. The molecule has 0 aliphatic carbocycles. The van der Waals surface area contributed by atoms with Gasteiger partial charge in [0.1, 0.15) is 5.75 Å². The summed E-state index contributed by atoms with van der Waals surface area (Å²) in [5.74, 6) is 2.37. The maximum absolute atomic E-state index is 12.6. The molecule has 28 heavy (non-hydrogen) atoms. The number of benzene rings is 2. The summed E-state index contributed by atoms with van der Waals surface area (Å²) in [6.07, 6.45) is 5.13. The molecule has 0 saturated carbocycles. The molecule has 0 fully saturated rings. The van der Waals surface area contributed by atoms with Crippen LogP contribution in [0.1, 0.15) is 17.5 Å². The topological polar surface area (TPSA) is 45.3 Å². The van der Waals surface area contributed by atoms with Gasteiger partial charge in [0.15, 0.2) is 0 Å². The van der Waals surface area contributed by atoms with Gasteiger partial charge in [0.2, 0.25) is 5.91 Å². The highest BCUT2D eigenvalue weighted by Crippen LogP contribution is 2.27. The van der Waals surface area contributed by atoms with Crippen LogP contribution in [0.5, 0.6) is 5.75 Å². The number of hydrogen-bond acceptors (Lipinski definition) is 3. The molecule has 1 aliphatic heterocycles. The smallest absolute Gasteiger partial charge is 0.232 e. The van der Waals surface area contributed by atoms with Crippen LogP contribution >= 0.6 is 11.8 Å². The first kappa shape index (κ1) is 18.7. The van der Waals surface area contributed by atoms with Gasteiger partial charge in [0, 0.05) is 35.9 Å². The molecule has 0 atom stereocenters. The third-order valence-corrected chi connectivity index (χ3v) is 6.13. The van der Waals surface area contributed by atoms with Crippen molar-refractivity contribution in [1.29, 1.82) is 0 Å². The van der Waals surface area contributed by atoms with Crippen molar-refractivity contribution in [3.05, 3.63) is 71.9 Å². The number of H-pyrrole nitrogens is 1. The van der Waals surface area contributed by atoms with E-state index in [0.29, 0.717) is 12.3 Å². The number of aromatic amines is 1. The van der Waals surface area contributed by atoms with Crippen LogP contribution in [0.15, 0.2) is 60.8 Å². The molecule has 144 valence electrons. The zero-order valence-electron chi connectivity index (χ0n) is 16.0. The molecule has 5 heteroatoms. The molecule has 0 radical (unpaired) electrons. The third kappa shape index (κ3) is 4.09. The van der Waals surface area contributed by atoms with E-state index < -0.39 is 0 Å². The second kappa shape index (κ2) is 8.57. The fourth-order valence-corrected chi connectivity index (χ4v) is 4.47. The summed E-state index contributed by atoms with van der Waals surface area (Å²) in [5, 5.41) is 1.16. The summed E-state index contributed by atoms with van der Waals surface area (Å²) in [7, 11) is 1.68. The lowest BCUT2D eigenvalue weighted by Gasteiger charge is -2.26. The van der Waals surface area contributed by atoms with Crippen LogP contribution in [0.2, 0.25) is 0 Å². The molecule has 4 nitrogen and oxygen atoms in total. The fourth-order valence-electron chi connectivity index (χ4n) is 3.55. The largest absolute Gasteiger partial charge is 0.497 e. The van der Waals surface area contributed by atoms with Crippen LogP contribution in [0.3, 0.4) is 0 Å². The minimum absolute atomic E-state index is 0.214. The van der Waals surface area contributed by atoms with Gasteiger partial charge in [-0.25, -0.2) is 0 Å². The molecule has 0 unspecified atom stereocenters. The summed E-state index contributed by atoms with van der Waals surface area (Å²) < 4.78 is 5.32. The van der Waals surface area contributed by atoms with E-state index in [-0.39, 0.29) is 5.91 Å². The lowest BCUT2D eigenvalue weighted by molar-refractivity contribution is -0.127. The van der Waals surface area contributed by atoms with Crippen LogP contribution in [0, 0.1) is 0 Å². The SMILES string of the molecule is COc1ccc2[nH]cc(CSCC(=O)N3CC=C(c4ccccc4)CC3)c2c1. The van der Waals surface area contributed by atoms with Gasteiger partial charge in [0.05, 0.1) is 12.9 Å². The van der Waals surface area contributed by atoms with Crippen molar-refractivity contribution >= 4 is 34.1 Å². The summed E-state index contributed by atoms with van der Waals surface area (Å²) in [6, 6.07) is 16.4. The molecule has 1 amide bonds. The number of methoxy groups -OCH3 is 1. The minimum atomic E-state index is 0.214. The number of nitrogens with one attached hydrogen (secondary N) is 1. The van der Waals surface area contributed by atoms with E-state index in [1.165, 1.54) is 16.7 Å². The Labute approximate surface area is 169 Å².